The van der Waals surface area contributed by atoms with Gasteiger partial charge in [0.05, 0.1) is 6.08 Å². The van der Waals surface area contributed by atoms with Crippen LogP contribution in [0.1, 0.15) is 12.8 Å². The van der Waals surface area contributed by atoms with E-state index in [4.69, 9.17) is 0 Å². The van der Waals surface area contributed by atoms with Crippen LogP contribution in [0.4, 0.5) is 0 Å². The zero-order valence-electron chi connectivity index (χ0n) is 4.61. The lowest BCUT2D eigenvalue weighted by atomic mass is 10.0. The molecule has 1 radical (unpaired) electrons. The van der Waals surface area contributed by atoms with Crippen molar-refractivity contribution in [2.24, 2.45) is 0 Å². The summed E-state index contributed by atoms with van der Waals surface area (Å²) < 4.78 is 0. The lowest BCUT2D eigenvalue weighted by Crippen LogP contribution is -1.85. The Morgan fingerprint density at radius 3 is 2.29 bits per heavy atom. The summed E-state index contributed by atoms with van der Waals surface area (Å²) in [4.78, 5) is 0. The minimum atomic E-state index is 0.840. The standard InChI is InChI=1S/C7H11/c1-4-7(5-2)6-3/h4H,1-3,5-6H2. The molecule has 0 heterocycles. The highest BCUT2D eigenvalue weighted by atomic mass is 14.0. The second-order valence-electron chi connectivity index (χ2n) is 1.36. The van der Waals surface area contributed by atoms with Crippen molar-refractivity contribution >= 4 is 0 Å². The van der Waals surface area contributed by atoms with Gasteiger partial charge in [0.1, 0.15) is 0 Å². The molecule has 0 rings (SSSR count). The molecule has 0 amide bonds. The van der Waals surface area contributed by atoms with Gasteiger partial charge in [-0.15, -0.1) is 0 Å². The van der Waals surface area contributed by atoms with Gasteiger partial charge in [0.15, 0.2) is 0 Å². The van der Waals surface area contributed by atoms with Crippen LogP contribution in [-0.2, 0) is 0 Å². The van der Waals surface area contributed by atoms with Gasteiger partial charge < -0.3 is 6.92 Å². The van der Waals surface area contributed by atoms with Gasteiger partial charge in [-0.05, 0) is 6.92 Å². The minimum absolute atomic E-state index is 0.840. The van der Waals surface area contributed by atoms with Crippen molar-refractivity contribution in [2.75, 3.05) is 0 Å². The van der Waals surface area contributed by atoms with Crippen molar-refractivity contribution in [3.05, 3.63) is 32.4 Å². The number of hydrogen-bond acceptors (Lipinski definition) is 0. The number of hydrogen-bond donors (Lipinski definition) is 0. The third kappa shape index (κ3) is 2.32. The summed E-state index contributed by atoms with van der Waals surface area (Å²) >= 11 is 0. The fourth-order valence-electron chi connectivity index (χ4n) is 0.329. The molecule has 0 N–H and O–H groups in total. The second kappa shape index (κ2) is 3.79. The summed E-state index contributed by atoms with van der Waals surface area (Å²) in [6.45, 7) is 10.9. The first-order chi connectivity index (χ1) is 3.35. The molecule has 0 saturated heterocycles. The van der Waals surface area contributed by atoms with E-state index in [-0.39, 0.29) is 0 Å². The van der Waals surface area contributed by atoms with Gasteiger partial charge >= 0.3 is 0 Å². The van der Waals surface area contributed by atoms with Gasteiger partial charge in [-0.2, -0.15) is 0 Å². The van der Waals surface area contributed by atoms with E-state index in [0.717, 1.165) is 12.8 Å². The molecule has 0 aliphatic carbocycles. The topological polar surface area (TPSA) is 0 Å². The predicted octanol–water partition coefficient (Wildman–Crippen LogP) is 2.20. The molecule has 0 bridgehead atoms. The zero-order chi connectivity index (χ0) is 5.70. The molecule has 0 fully saturated rings. The van der Waals surface area contributed by atoms with E-state index in [0.29, 0.717) is 0 Å². The smallest absolute Gasteiger partial charge is 0.0865 e. The molecule has 39 valence electrons. The second-order valence-corrected chi connectivity index (χ2v) is 1.36. The third-order valence-corrected chi connectivity index (χ3v) is 0.931. The van der Waals surface area contributed by atoms with Crippen LogP contribution in [0.3, 0.4) is 0 Å². The fraction of sp³-hybridized carbons (Fsp3) is 0.286. The van der Waals surface area contributed by atoms with E-state index in [1.54, 1.807) is 0 Å². The molecule has 0 aromatic carbocycles. The molecule has 0 aliphatic heterocycles. The number of allylic oxidation sites excluding steroid dienone is 1. The van der Waals surface area contributed by atoms with Gasteiger partial charge in [-0.25, -0.2) is 0 Å². The maximum Gasteiger partial charge on any atom is 0.0865 e. The molecule has 0 saturated carbocycles. The average molecular weight is 95.2 g/mol. The Hall–Kier alpha value is -0.390. The van der Waals surface area contributed by atoms with Gasteiger partial charge in [-0.1, -0.05) is 6.42 Å². The molecule has 0 aromatic heterocycles. The van der Waals surface area contributed by atoms with Crippen molar-refractivity contribution < 1.29 is 0 Å². The Kier molecular flexibility index (Phi) is 3.58. The van der Waals surface area contributed by atoms with Crippen LogP contribution < -0.4 is 0 Å². The van der Waals surface area contributed by atoms with Crippen molar-refractivity contribution in [1.29, 1.82) is 0 Å². The summed E-state index contributed by atoms with van der Waals surface area (Å²) in [6, 6.07) is 0. The molecule has 0 spiro atoms. The molecule has 0 unspecified atom stereocenters. The summed E-state index contributed by atoms with van der Waals surface area (Å²) in [5.41, 5.74) is 0. The first-order valence-electron chi connectivity index (χ1n) is 2.40. The van der Waals surface area contributed by atoms with Crippen LogP contribution in [0.25, 0.3) is 0 Å². The first-order valence-corrected chi connectivity index (χ1v) is 2.40. The monoisotopic (exact) mass is 95.1 g/mol. The van der Waals surface area contributed by atoms with E-state index in [2.05, 4.69) is 20.4 Å². The highest BCUT2D eigenvalue weighted by molar-refractivity contribution is 5.06. The van der Waals surface area contributed by atoms with Crippen molar-refractivity contribution in [2.45, 2.75) is 12.8 Å². The average Bonchev–Trinajstić information content (AvgIpc) is 1.72. The van der Waals surface area contributed by atoms with E-state index < -0.39 is 0 Å². The molecular formula is C7H11. The first kappa shape index (κ1) is 6.61. The van der Waals surface area contributed by atoms with Crippen molar-refractivity contribution in [1.82, 2.24) is 0 Å². The van der Waals surface area contributed by atoms with Gasteiger partial charge in [0.2, 0.25) is 0 Å². The fourth-order valence-corrected chi connectivity index (χ4v) is 0.329. The summed E-state index contributed by atoms with van der Waals surface area (Å²) in [7, 11) is 0. The summed E-state index contributed by atoms with van der Waals surface area (Å²) in [5.74, 6) is 1.22. The summed E-state index contributed by atoms with van der Waals surface area (Å²) in [6.07, 6.45) is 3.50. The van der Waals surface area contributed by atoms with E-state index in [1.807, 2.05) is 6.08 Å². The van der Waals surface area contributed by atoms with E-state index in [1.165, 1.54) is 5.92 Å². The third-order valence-electron chi connectivity index (χ3n) is 0.931. The maximum atomic E-state index is 3.68. The molecular weight excluding hydrogens is 84.1 g/mol. The summed E-state index contributed by atoms with van der Waals surface area (Å²) in [5, 5.41) is 0. The molecule has 7 heavy (non-hydrogen) atoms. The Morgan fingerprint density at radius 2 is 2.29 bits per heavy atom. The van der Waals surface area contributed by atoms with E-state index in [9.17, 15) is 0 Å². The maximum absolute atomic E-state index is 3.68. The van der Waals surface area contributed by atoms with Crippen LogP contribution in [0.15, 0.2) is 12.7 Å². The molecule has 0 heteroatoms. The Morgan fingerprint density at radius 1 is 1.71 bits per heavy atom. The zero-order valence-corrected chi connectivity index (χ0v) is 4.61. The van der Waals surface area contributed by atoms with Crippen LogP contribution >= 0.6 is 0 Å². The molecule has 0 aliphatic rings. The quantitative estimate of drug-likeness (QED) is 0.471. The highest BCUT2D eigenvalue weighted by Crippen LogP contribution is 2.08. The van der Waals surface area contributed by atoms with Crippen LogP contribution in [0.5, 0.6) is 0 Å². The van der Waals surface area contributed by atoms with Gasteiger partial charge in [0.25, 0.3) is 0 Å². The predicted molar refractivity (Wildman–Crippen MR) is 33.4 cm³/mol. The Labute approximate surface area is 46.2 Å². The highest BCUT2D eigenvalue weighted by Gasteiger charge is 1.96. The van der Waals surface area contributed by atoms with Crippen LogP contribution in [0, 0.1) is 19.8 Å². The van der Waals surface area contributed by atoms with Crippen molar-refractivity contribution in [3.63, 3.8) is 0 Å². The van der Waals surface area contributed by atoms with Crippen LogP contribution in [0.2, 0.25) is 0 Å². The molecule has 0 nitrogen and oxygen atoms in total. The Balaban J connectivity index is 3.16. The van der Waals surface area contributed by atoms with Gasteiger partial charge in [-0.3, -0.25) is 0 Å². The SMILES string of the molecule is [CH2]C[C+](C=C)C[CH2-]. The normalized spacial score (nSPS) is 8.29. The number of rotatable bonds is 3. The van der Waals surface area contributed by atoms with Gasteiger partial charge in [0, 0.05) is 18.9 Å². The molecule has 0 aromatic rings. The lowest BCUT2D eigenvalue weighted by molar-refractivity contribution is 0.976. The van der Waals surface area contributed by atoms with E-state index >= 15 is 0 Å². The minimum Gasteiger partial charge on any atom is -0.320 e. The Bertz CT molecular complexity index is 42.0. The van der Waals surface area contributed by atoms with Crippen LogP contribution in [-0.4, -0.2) is 0 Å². The lowest BCUT2D eigenvalue weighted by Gasteiger charge is -1.98. The molecule has 0 atom stereocenters. The van der Waals surface area contributed by atoms with Crippen molar-refractivity contribution in [3.8, 4) is 0 Å². The largest absolute Gasteiger partial charge is 0.320 e.